The molecule has 2 N–H and O–H groups in total. The quantitative estimate of drug-likeness (QED) is 0.482. The SMILES string of the molecule is CO[C@@H]1[C@@H](n2cc(-c3cc(F)c(F)c(F)c3)nn2)[C@@H](O)[C@@H](CO)O[C@@H]1Cc1cc(C2CCC2)on1. The van der Waals surface area contributed by atoms with E-state index in [2.05, 4.69) is 15.5 Å². The molecule has 9 nitrogen and oxygen atoms in total. The first-order valence-electron chi connectivity index (χ1n) is 11.4. The zero-order valence-corrected chi connectivity index (χ0v) is 18.9. The fraction of sp³-hybridized carbons (Fsp3) is 0.522. The van der Waals surface area contributed by atoms with Crippen molar-refractivity contribution in [1.82, 2.24) is 20.2 Å². The Hall–Kier alpha value is -2.80. The van der Waals surface area contributed by atoms with Crippen molar-refractivity contribution in [2.24, 2.45) is 0 Å². The highest BCUT2D eigenvalue weighted by Gasteiger charge is 2.47. The summed E-state index contributed by atoms with van der Waals surface area (Å²) in [6.07, 6.45) is 1.39. The number of methoxy groups -OCH3 is 1. The van der Waals surface area contributed by atoms with Gasteiger partial charge in [-0.25, -0.2) is 17.9 Å². The van der Waals surface area contributed by atoms with Crippen LogP contribution in [0.3, 0.4) is 0 Å². The number of aliphatic hydroxyl groups excluding tert-OH is 2. The molecule has 5 rings (SSSR count). The Kier molecular flexibility index (Phi) is 6.62. The van der Waals surface area contributed by atoms with Crippen LogP contribution in [-0.2, 0) is 15.9 Å². The molecule has 0 bridgehead atoms. The number of aromatic nitrogens is 4. The van der Waals surface area contributed by atoms with Gasteiger partial charge in [-0.3, -0.25) is 0 Å². The Morgan fingerprint density at radius 1 is 1.14 bits per heavy atom. The normalized spacial score (nSPS) is 27.2. The highest BCUT2D eigenvalue weighted by Crippen LogP contribution is 2.38. The van der Waals surface area contributed by atoms with Crippen LogP contribution in [-0.4, -0.2) is 68.5 Å². The summed E-state index contributed by atoms with van der Waals surface area (Å²) in [4.78, 5) is 0. The van der Waals surface area contributed by atoms with E-state index in [9.17, 15) is 23.4 Å². The van der Waals surface area contributed by atoms with Gasteiger partial charge in [0.2, 0.25) is 0 Å². The number of nitrogens with zero attached hydrogens (tertiary/aromatic N) is 4. The second-order valence-corrected chi connectivity index (χ2v) is 8.97. The van der Waals surface area contributed by atoms with Gasteiger partial charge in [-0.15, -0.1) is 5.10 Å². The molecule has 0 amide bonds. The third kappa shape index (κ3) is 4.46. The van der Waals surface area contributed by atoms with Crippen molar-refractivity contribution < 1.29 is 37.4 Å². The zero-order valence-electron chi connectivity index (χ0n) is 18.9. The highest BCUT2D eigenvalue weighted by atomic mass is 19.2. The maximum absolute atomic E-state index is 13.7. The van der Waals surface area contributed by atoms with Crippen molar-refractivity contribution in [3.63, 3.8) is 0 Å². The van der Waals surface area contributed by atoms with Crippen molar-refractivity contribution in [2.75, 3.05) is 13.7 Å². The molecule has 35 heavy (non-hydrogen) atoms. The maximum Gasteiger partial charge on any atom is 0.194 e. The van der Waals surface area contributed by atoms with E-state index in [4.69, 9.17) is 14.0 Å². The van der Waals surface area contributed by atoms with Gasteiger partial charge in [0.15, 0.2) is 17.5 Å². The summed E-state index contributed by atoms with van der Waals surface area (Å²) in [5.74, 6) is -3.10. The number of benzene rings is 1. The zero-order chi connectivity index (χ0) is 24.7. The van der Waals surface area contributed by atoms with Gasteiger partial charge in [-0.1, -0.05) is 16.8 Å². The van der Waals surface area contributed by atoms with Crippen molar-refractivity contribution >= 4 is 0 Å². The van der Waals surface area contributed by atoms with Gasteiger partial charge < -0.3 is 24.2 Å². The number of hydrogen-bond acceptors (Lipinski definition) is 8. The van der Waals surface area contributed by atoms with E-state index in [0.29, 0.717) is 18.0 Å². The molecule has 1 aliphatic carbocycles. The van der Waals surface area contributed by atoms with Crippen LogP contribution >= 0.6 is 0 Å². The van der Waals surface area contributed by atoms with Gasteiger partial charge in [-0.05, 0) is 25.0 Å². The first kappa shape index (κ1) is 23.9. The molecular weight excluding hydrogens is 469 g/mol. The molecule has 2 fully saturated rings. The molecule has 5 atom stereocenters. The lowest BCUT2D eigenvalue weighted by atomic mass is 9.83. The lowest BCUT2D eigenvalue weighted by Crippen LogP contribution is -2.57. The second kappa shape index (κ2) is 9.69. The van der Waals surface area contributed by atoms with Crippen LogP contribution in [0.4, 0.5) is 13.2 Å². The van der Waals surface area contributed by atoms with E-state index in [0.717, 1.165) is 37.2 Å². The molecule has 0 unspecified atom stereocenters. The summed E-state index contributed by atoms with van der Waals surface area (Å²) < 4.78 is 59.2. The third-order valence-corrected chi connectivity index (χ3v) is 6.83. The molecule has 1 aromatic carbocycles. The van der Waals surface area contributed by atoms with Crippen LogP contribution < -0.4 is 0 Å². The summed E-state index contributed by atoms with van der Waals surface area (Å²) in [6, 6.07) is 2.65. The Labute approximate surface area is 198 Å². The van der Waals surface area contributed by atoms with Gasteiger partial charge in [0.05, 0.1) is 24.6 Å². The number of aliphatic hydroxyl groups is 2. The summed E-state index contributed by atoms with van der Waals surface area (Å²) in [5, 5.41) is 32.9. The van der Waals surface area contributed by atoms with Gasteiger partial charge in [0.1, 0.15) is 35.8 Å². The molecule has 1 saturated carbocycles. The Morgan fingerprint density at radius 3 is 2.51 bits per heavy atom. The predicted octanol–water partition coefficient (Wildman–Crippen LogP) is 2.54. The molecule has 0 spiro atoms. The van der Waals surface area contributed by atoms with E-state index < -0.39 is 54.5 Å². The lowest BCUT2D eigenvalue weighted by Gasteiger charge is -2.43. The number of ether oxygens (including phenoxy) is 2. The monoisotopic (exact) mass is 494 g/mol. The molecular formula is C23H25F3N4O5. The largest absolute Gasteiger partial charge is 0.394 e. The van der Waals surface area contributed by atoms with Gasteiger partial charge in [0, 0.05) is 31.1 Å². The average Bonchev–Trinajstić information content (AvgIpc) is 3.46. The van der Waals surface area contributed by atoms with E-state index in [1.165, 1.54) is 18.0 Å². The fourth-order valence-corrected chi connectivity index (χ4v) is 4.70. The van der Waals surface area contributed by atoms with E-state index in [1.807, 2.05) is 6.07 Å². The highest BCUT2D eigenvalue weighted by molar-refractivity contribution is 5.57. The maximum atomic E-state index is 13.7. The van der Waals surface area contributed by atoms with Crippen molar-refractivity contribution in [2.45, 2.75) is 62.1 Å². The number of hydrogen-bond donors (Lipinski definition) is 2. The lowest BCUT2D eigenvalue weighted by molar-refractivity contribution is -0.212. The minimum atomic E-state index is -1.58. The molecule has 1 saturated heterocycles. The predicted molar refractivity (Wildman–Crippen MR) is 114 cm³/mol. The van der Waals surface area contributed by atoms with Crippen molar-refractivity contribution in [3.05, 3.63) is 53.3 Å². The Morgan fingerprint density at radius 2 is 1.89 bits per heavy atom. The number of rotatable bonds is 7. The second-order valence-electron chi connectivity index (χ2n) is 8.97. The molecule has 3 aromatic rings. The van der Waals surface area contributed by atoms with Crippen molar-refractivity contribution in [3.8, 4) is 11.3 Å². The van der Waals surface area contributed by atoms with E-state index >= 15 is 0 Å². The molecule has 188 valence electrons. The first-order chi connectivity index (χ1) is 16.9. The van der Waals surface area contributed by atoms with Crippen LogP contribution in [0.1, 0.15) is 42.7 Å². The minimum Gasteiger partial charge on any atom is -0.394 e. The van der Waals surface area contributed by atoms with Crippen molar-refractivity contribution in [1.29, 1.82) is 0 Å². The summed E-state index contributed by atoms with van der Waals surface area (Å²) in [5.41, 5.74) is 0.696. The Balaban J connectivity index is 1.42. The van der Waals surface area contributed by atoms with E-state index in [-0.39, 0.29) is 11.3 Å². The molecule has 0 radical (unpaired) electrons. The summed E-state index contributed by atoms with van der Waals surface area (Å²) in [7, 11) is 1.45. The Bertz CT molecular complexity index is 1160. The van der Waals surface area contributed by atoms with Gasteiger partial charge in [-0.2, -0.15) is 0 Å². The van der Waals surface area contributed by atoms with Crippen LogP contribution in [0.25, 0.3) is 11.3 Å². The average molecular weight is 494 g/mol. The molecule has 2 aromatic heterocycles. The molecule has 3 heterocycles. The van der Waals surface area contributed by atoms with E-state index in [1.54, 1.807) is 0 Å². The third-order valence-electron chi connectivity index (χ3n) is 6.83. The molecule has 1 aliphatic heterocycles. The van der Waals surface area contributed by atoms with Gasteiger partial charge >= 0.3 is 0 Å². The first-order valence-corrected chi connectivity index (χ1v) is 11.4. The topological polar surface area (TPSA) is 116 Å². The summed E-state index contributed by atoms with van der Waals surface area (Å²) >= 11 is 0. The van der Waals surface area contributed by atoms with Gasteiger partial charge in [0.25, 0.3) is 0 Å². The molecule has 2 aliphatic rings. The minimum absolute atomic E-state index is 0.0236. The number of halogens is 3. The smallest absolute Gasteiger partial charge is 0.194 e. The molecule has 12 heteroatoms. The summed E-state index contributed by atoms with van der Waals surface area (Å²) in [6.45, 7) is -0.466. The standard InChI is InChI=1S/C23H25F3N4O5/c1-33-23-18(8-13-7-17(35-28-13)11-3-2-4-11)34-19(10-31)22(32)21(23)30-9-16(27-29-30)12-5-14(24)20(26)15(25)6-12/h5-7,9,11,18-19,21-23,31-32H,2-4,8,10H2,1H3/t18-,19-,21+,22+,23+/m1/s1. The van der Waals surface area contributed by atoms with Crippen LogP contribution in [0.15, 0.2) is 28.9 Å². The van der Waals surface area contributed by atoms with Crippen LogP contribution in [0.5, 0.6) is 0 Å². The van der Waals surface area contributed by atoms with Crippen LogP contribution in [0, 0.1) is 17.5 Å². The fourth-order valence-electron chi connectivity index (χ4n) is 4.70. The van der Waals surface area contributed by atoms with Crippen LogP contribution in [0.2, 0.25) is 0 Å².